The maximum Gasteiger partial charge on any atom is 0.414 e. The van der Waals surface area contributed by atoms with Crippen molar-refractivity contribution in [1.29, 1.82) is 0 Å². The van der Waals surface area contributed by atoms with E-state index < -0.39 is 17.8 Å². The quantitative estimate of drug-likeness (QED) is 0.445. The lowest BCUT2D eigenvalue weighted by Crippen LogP contribution is -2.40. The number of carbonyl (C=O) groups is 2. The summed E-state index contributed by atoms with van der Waals surface area (Å²) in [4.78, 5) is 26.9. The van der Waals surface area contributed by atoms with Crippen LogP contribution in [0.3, 0.4) is 0 Å². The van der Waals surface area contributed by atoms with Gasteiger partial charge in [-0.2, -0.15) is 0 Å². The molecule has 0 aromatic heterocycles. The van der Waals surface area contributed by atoms with Crippen LogP contribution in [0, 0.1) is 0 Å². The van der Waals surface area contributed by atoms with E-state index in [0.717, 1.165) is 5.56 Å². The number of amides is 2. The Morgan fingerprint density at radius 3 is 2.52 bits per heavy atom. The Hall–Kier alpha value is -2.97. The highest BCUT2D eigenvalue weighted by atomic mass is 16.6. The summed E-state index contributed by atoms with van der Waals surface area (Å²) in [6.45, 7) is 7.83. The SMILES string of the molecule is CCN=C(NC(=O)OC(C)(C)C)Nc1ccc(OC)cc1CCNC(=O)O. The average molecular weight is 380 g/mol. The molecule has 27 heavy (non-hydrogen) atoms. The van der Waals surface area contributed by atoms with E-state index in [4.69, 9.17) is 14.6 Å². The first-order valence-electron chi connectivity index (χ1n) is 8.59. The molecule has 0 bridgehead atoms. The fourth-order valence-corrected chi connectivity index (χ4v) is 2.13. The van der Waals surface area contributed by atoms with Gasteiger partial charge in [0, 0.05) is 18.8 Å². The Labute approximate surface area is 159 Å². The van der Waals surface area contributed by atoms with E-state index in [1.54, 1.807) is 46.1 Å². The van der Waals surface area contributed by atoms with Crippen LogP contribution >= 0.6 is 0 Å². The van der Waals surface area contributed by atoms with Crippen molar-refractivity contribution >= 4 is 23.8 Å². The number of carboxylic acid groups (broad SMARTS) is 1. The standard InChI is InChI=1S/C18H28N4O5/c1-6-19-15(22-17(25)27-18(2,3)4)21-14-8-7-13(26-5)11-12(14)9-10-20-16(23)24/h7-8,11,20H,6,9-10H2,1-5H3,(H,23,24)(H2,19,21,22,25). The van der Waals surface area contributed by atoms with E-state index >= 15 is 0 Å². The lowest BCUT2D eigenvalue weighted by Gasteiger charge is -2.21. The van der Waals surface area contributed by atoms with Crippen LogP contribution < -0.4 is 20.7 Å². The molecule has 1 rings (SSSR count). The van der Waals surface area contributed by atoms with Crippen LogP contribution in [-0.2, 0) is 11.2 Å². The van der Waals surface area contributed by atoms with Crippen molar-refractivity contribution in [3.63, 3.8) is 0 Å². The first kappa shape index (κ1) is 22.1. The number of rotatable bonds is 6. The Morgan fingerprint density at radius 2 is 1.96 bits per heavy atom. The van der Waals surface area contributed by atoms with E-state index in [9.17, 15) is 9.59 Å². The highest BCUT2D eigenvalue weighted by molar-refractivity contribution is 6.02. The zero-order valence-corrected chi connectivity index (χ0v) is 16.4. The van der Waals surface area contributed by atoms with Crippen LogP contribution in [0.1, 0.15) is 33.3 Å². The van der Waals surface area contributed by atoms with Crippen LogP contribution in [0.4, 0.5) is 15.3 Å². The molecule has 0 saturated heterocycles. The number of methoxy groups -OCH3 is 1. The Bertz CT molecular complexity index is 683. The van der Waals surface area contributed by atoms with Crippen molar-refractivity contribution in [2.45, 2.75) is 39.7 Å². The van der Waals surface area contributed by atoms with Crippen LogP contribution in [0.2, 0.25) is 0 Å². The second-order valence-electron chi connectivity index (χ2n) is 6.58. The van der Waals surface area contributed by atoms with E-state index in [-0.39, 0.29) is 12.5 Å². The summed E-state index contributed by atoms with van der Waals surface area (Å²) in [6.07, 6.45) is -1.28. The summed E-state index contributed by atoms with van der Waals surface area (Å²) < 4.78 is 10.5. The fourth-order valence-electron chi connectivity index (χ4n) is 2.13. The molecule has 1 aromatic rings. The van der Waals surface area contributed by atoms with Gasteiger partial charge in [-0.05, 0) is 57.9 Å². The number of ether oxygens (including phenoxy) is 2. The number of anilines is 1. The Kier molecular flexibility index (Phi) is 8.37. The van der Waals surface area contributed by atoms with Gasteiger partial charge in [-0.3, -0.25) is 10.3 Å². The van der Waals surface area contributed by atoms with Gasteiger partial charge < -0.3 is 25.2 Å². The molecular weight excluding hydrogens is 352 g/mol. The second kappa shape index (κ2) is 10.2. The predicted octanol–water partition coefficient (Wildman–Crippen LogP) is 2.82. The molecule has 2 amide bonds. The van der Waals surface area contributed by atoms with Gasteiger partial charge in [0.2, 0.25) is 5.96 Å². The normalized spacial score (nSPS) is 11.5. The van der Waals surface area contributed by atoms with Crippen molar-refractivity contribution in [2.24, 2.45) is 4.99 Å². The van der Waals surface area contributed by atoms with Crippen molar-refractivity contribution in [3.8, 4) is 5.75 Å². The molecule has 150 valence electrons. The number of alkyl carbamates (subject to hydrolysis) is 1. The number of carbonyl (C=O) groups excluding carboxylic acids is 1. The van der Waals surface area contributed by atoms with Crippen molar-refractivity contribution < 1.29 is 24.2 Å². The minimum atomic E-state index is -1.09. The minimum Gasteiger partial charge on any atom is -0.497 e. The summed E-state index contributed by atoms with van der Waals surface area (Å²) in [5, 5.41) is 16.7. The maximum atomic E-state index is 12.0. The molecule has 0 heterocycles. The Balaban J connectivity index is 2.95. The van der Waals surface area contributed by atoms with Gasteiger partial charge in [-0.25, -0.2) is 9.59 Å². The van der Waals surface area contributed by atoms with Gasteiger partial charge in [0.25, 0.3) is 0 Å². The molecule has 9 nitrogen and oxygen atoms in total. The number of guanidine groups is 1. The number of nitrogens with one attached hydrogen (secondary N) is 3. The first-order valence-corrected chi connectivity index (χ1v) is 8.59. The zero-order chi connectivity index (χ0) is 20.4. The topological polar surface area (TPSA) is 121 Å². The third-order valence-electron chi connectivity index (χ3n) is 3.17. The molecule has 0 radical (unpaired) electrons. The summed E-state index contributed by atoms with van der Waals surface area (Å²) in [6, 6.07) is 5.33. The molecule has 0 spiro atoms. The molecule has 0 saturated carbocycles. The highest BCUT2D eigenvalue weighted by Crippen LogP contribution is 2.22. The molecule has 4 N–H and O–H groups in total. The number of hydrogen-bond donors (Lipinski definition) is 4. The number of nitrogens with zero attached hydrogens (tertiary/aromatic N) is 1. The van der Waals surface area contributed by atoms with Crippen LogP contribution in [0.15, 0.2) is 23.2 Å². The average Bonchev–Trinajstić information content (AvgIpc) is 2.54. The van der Waals surface area contributed by atoms with Crippen LogP contribution in [0.5, 0.6) is 5.75 Å². The summed E-state index contributed by atoms with van der Waals surface area (Å²) in [7, 11) is 1.55. The molecule has 0 fully saturated rings. The molecule has 1 aromatic carbocycles. The summed E-state index contributed by atoms with van der Waals surface area (Å²) in [5.41, 5.74) is 0.846. The van der Waals surface area contributed by atoms with Crippen LogP contribution in [-0.4, -0.2) is 49.1 Å². The third kappa shape index (κ3) is 8.80. The maximum absolute atomic E-state index is 12.0. The number of hydrogen-bond acceptors (Lipinski definition) is 5. The van der Waals surface area contributed by atoms with E-state index in [1.165, 1.54) is 0 Å². The smallest absolute Gasteiger partial charge is 0.414 e. The first-order chi connectivity index (χ1) is 12.6. The lowest BCUT2D eigenvalue weighted by atomic mass is 10.1. The van der Waals surface area contributed by atoms with Gasteiger partial charge in [0.15, 0.2) is 0 Å². The van der Waals surface area contributed by atoms with E-state index in [2.05, 4.69) is 20.9 Å². The molecule has 0 aliphatic carbocycles. The van der Waals surface area contributed by atoms with Gasteiger partial charge in [0.05, 0.1) is 7.11 Å². The zero-order valence-electron chi connectivity index (χ0n) is 16.4. The minimum absolute atomic E-state index is 0.233. The van der Waals surface area contributed by atoms with Gasteiger partial charge in [-0.15, -0.1) is 0 Å². The third-order valence-corrected chi connectivity index (χ3v) is 3.17. The van der Waals surface area contributed by atoms with Gasteiger partial charge >= 0.3 is 12.2 Å². The lowest BCUT2D eigenvalue weighted by molar-refractivity contribution is 0.0563. The number of benzene rings is 1. The molecule has 0 unspecified atom stereocenters. The molecule has 0 aliphatic rings. The van der Waals surface area contributed by atoms with Gasteiger partial charge in [-0.1, -0.05) is 0 Å². The Morgan fingerprint density at radius 1 is 1.26 bits per heavy atom. The molecule has 9 heteroatoms. The van der Waals surface area contributed by atoms with E-state index in [0.29, 0.717) is 24.4 Å². The second-order valence-corrected chi connectivity index (χ2v) is 6.58. The number of aliphatic imine (C=N–C) groups is 1. The predicted molar refractivity (Wildman–Crippen MR) is 104 cm³/mol. The van der Waals surface area contributed by atoms with E-state index in [1.807, 2.05) is 6.92 Å². The largest absolute Gasteiger partial charge is 0.497 e. The highest BCUT2D eigenvalue weighted by Gasteiger charge is 2.18. The molecule has 0 atom stereocenters. The van der Waals surface area contributed by atoms with Crippen LogP contribution in [0.25, 0.3) is 0 Å². The van der Waals surface area contributed by atoms with Crippen molar-refractivity contribution in [3.05, 3.63) is 23.8 Å². The molecular formula is C18H28N4O5. The fraction of sp³-hybridized carbons (Fsp3) is 0.500. The van der Waals surface area contributed by atoms with Crippen molar-refractivity contribution in [2.75, 3.05) is 25.5 Å². The monoisotopic (exact) mass is 380 g/mol. The van der Waals surface area contributed by atoms with Crippen molar-refractivity contribution in [1.82, 2.24) is 10.6 Å². The summed E-state index contributed by atoms with van der Waals surface area (Å²) >= 11 is 0. The summed E-state index contributed by atoms with van der Waals surface area (Å²) in [5.74, 6) is 0.879. The van der Waals surface area contributed by atoms with Gasteiger partial charge in [0.1, 0.15) is 11.4 Å². The molecule has 0 aliphatic heterocycles.